The van der Waals surface area contributed by atoms with Crippen molar-refractivity contribution in [2.45, 2.75) is 33.4 Å². The zero-order chi connectivity index (χ0) is 16.4. The van der Waals surface area contributed by atoms with E-state index in [9.17, 15) is 4.79 Å². The van der Waals surface area contributed by atoms with Crippen molar-refractivity contribution < 1.29 is 18.8 Å². The lowest BCUT2D eigenvalue weighted by Crippen LogP contribution is -2.36. The molecule has 0 fully saturated rings. The van der Waals surface area contributed by atoms with Crippen LogP contribution in [0.3, 0.4) is 0 Å². The van der Waals surface area contributed by atoms with Crippen LogP contribution < -0.4 is 20.1 Å². The summed E-state index contributed by atoms with van der Waals surface area (Å²) in [5, 5.41) is 9.57. The second-order valence-electron chi connectivity index (χ2n) is 5.46. The Balaban J connectivity index is 1.57. The van der Waals surface area contributed by atoms with Gasteiger partial charge in [0.1, 0.15) is 5.76 Å². The zero-order valence-electron chi connectivity index (χ0n) is 13.3. The fourth-order valence-corrected chi connectivity index (χ4v) is 2.44. The van der Waals surface area contributed by atoms with Crippen molar-refractivity contribution in [2.24, 2.45) is 0 Å². The van der Waals surface area contributed by atoms with Crippen LogP contribution in [0.4, 0.5) is 4.79 Å². The number of benzene rings is 1. The van der Waals surface area contributed by atoms with Gasteiger partial charge in [-0.2, -0.15) is 0 Å². The van der Waals surface area contributed by atoms with Crippen molar-refractivity contribution in [3.8, 4) is 11.5 Å². The number of amides is 2. The molecule has 2 N–H and O–H groups in total. The SMILES string of the molecule is Cc1noc(C)c1CNC(=O)NC(C)c1ccc2c(c1)OCO2. The molecule has 1 unspecified atom stereocenters. The Labute approximate surface area is 133 Å². The molecule has 2 amide bonds. The van der Waals surface area contributed by atoms with Gasteiger partial charge >= 0.3 is 6.03 Å². The maximum Gasteiger partial charge on any atom is 0.315 e. The first-order chi connectivity index (χ1) is 11.0. The fourth-order valence-electron chi connectivity index (χ4n) is 2.44. The highest BCUT2D eigenvalue weighted by atomic mass is 16.7. The minimum absolute atomic E-state index is 0.158. The number of hydrogen-bond acceptors (Lipinski definition) is 5. The third-order valence-corrected chi connectivity index (χ3v) is 3.85. The summed E-state index contributed by atoms with van der Waals surface area (Å²) in [6.07, 6.45) is 0. The number of rotatable bonds is 4. The number of ether oxygens (including phenoxy) is 2. The van der Waals surface area contributed by atoms with E-state index in [1.807, 2.05) is 39.0 Å². The molecule has 0 aliphatic carbocycles. The summed E-state index contributed by atoms with van der Waals surface area (Å²) in [4.78, 5) is 12.0. The zero-order valence-corrected chi connectivity index (χ0v) is 13.3. The highest BCUT2D eigenvalue weighted by Crippen LogP contribution is 2.34. The highest BCUT2D eigenvalue weighted by Gasteiger charge is 2.17. The first-order valence-electron chi connectivity index (χ1n) is 7.40. The summed E-state index contributed by atoms with van der Waals surface area (Å²) in [6.45, 7) is 6.19. The largest absolute Gasteiger partial charge is 0.454 e. The molecule has 1 atom stereocenters. The number of urea groups is 1. The second kappa shape index (κ2) is 6.20. The molecule has 1 aliphatic rings. The maximum absolute atomic E-state index is 12.0. The van der Waals surface area contributed by atoms with E-state index in [1.165, 1.54) is 0 Å². The standard InChI is InChI=1S/C16H19N3O4/c1-9(12-4-5-14-15(6-12)22-8-21-14)18-16(20)17-7-13-10(2)19-23-11(13)3/h4-6,9H,7-8H2,1-3H3,(H2,17,18,20). The van der Waals surface area contributed by atoms with Crippen LogP contribution in [0.1, 0.15) is 35.5 Å². The van der Waals surface area contributed by atoms with Gasteiger partial charge in [-0.1, -0.05) is 11.2 Å². The molecule has 7 nitrogen and oxygen atoms in total. The molecular formula is C16H19N3O4. The quantitative estimate of drug-likeness (QED) is 0.905. The Morgan fingerprint density at radius 3 is 2.83 bits per heavy atom. The monoisotopic (exact) mass is 317 g/mol. The van der Waals surface area contributed by atoms with Gasteiger partial charge in [0, 0.05) is 12.1 Å². The molecule has 23 heavy (non-hydrogen) atoms. The molecule has 0 spiro atoms. The van der Waals surface area contributed by atoms with Gasteiger partial charge in [0.25, 0.3) is 0 Å². The predicted molar refractivity (Wildman–Crippen MR) is 82.3 cm³/mol. The van der Waals surface area contributed by atoms with Crippen LogP contribution >= 0.6 is 0 Å². The van der Waals surface area contributed by atoms with Crippen molar-refractivity contribution in [3.05, 3.63) is 40.8 Å². The van der Waals surface area contributed by atoms with Gasteiger partial charge < -0.3 is 24.6 Å². The van der Waals surface area contributed by atoms with E-state index >= 15 is 0 Å². The number of hydrogen-bond donors (Lipinski definition) is 2. The number of carbonyl (C=O) groups is 1. The number of carbonyl (C=O) groups excluding carboxylic acids is 1. The van der Waals surface area contributed by atoms with Crippen molar-refractivity contribution in [2.75, 3.05) is 6.79 Å². The molecular weight excluding hydrogens is 298 g/mol. The Hall–Kier alpha value is -2.70. The van der Waals surface area contributed by atoms with Crippen molar-refractivity contribution in [1.82, 2.24) is 15.8 Å². The number of aryl methyl sites for hydroxylation is 2. The topological polar surface area (TPSA) is 85.6 Å². The average molecular weight is 317 g/mol. The van der Waals surface area contributed by atoms with Crippen LogP contribution in [-0.2, 0) is 6.54 Å². The van der Waals surface area contributed by atoms with Crippen LogP contribution in [0.5, 0.6) is 11.5 Å². The van der Waals surface area contributed by atoms with E-state index in [0.717, 1.165) is 22.6 Å². The first-order valence-corrected chi connectivity index (χ1v) is 7.40. The van der Waals surface area contributed by atoms with Crippen LogP contribution in [0.2, 0.25) is 0 Å². The lowest BCUT2D eigenvalue weighted by atomic mass is 10.1. The molecule has 1 aliphatic heterocycles. The predicted octanol–water partition coefficient (Wildman–Crippen LogP) is 2.58. The molecule has 3 rings (SSSR count). The molecule has 0 saturated heterocycles. The molecule has 122 valence electrons. The van der Waals surface area contributed by atoms with E-state index < -0.39 is 0 Å². The van der Waals surface area contributed by atoms with E-state index in [2.05, 4.69) is 15.8 Å². The Kier molecular flexibility index (Phi) is 4.10. The first kappa shape index (κ1) is 15.2. The Morgan fingerprint density at radius 1 is 1.30 bits per heavy atom. The normalized spacial score (nSPS) is 13.7. The summed E-state index contributed by atoms with van der Waals surface area (Å²) < 4.78 is 15.7. The van der Waals surface area contributed by atoms with Gasteiger partial charge in [-0.15, -0.1) is 0 Å². The van der Waals surface area contributed by atoms with Crippen molar-refractivity contribution >= 4 is 6.03 Å². The highest BCUT2D eigenvalue weighted by molar-refractivity contribution is 5.74. The fraction of sp³-hybridized carbons (Fsp3) is 0.375. The van der Waals surface area contributed by atoms with Crippen LogP contribution in [0, 0.1) is 13.8 Å². The van der Waals surface area contributed by atoms with Gasteiger partial charge in [0.05, 0.1) is 11.7 Å². The summed E-state index contributed by atoms with van der Waals surface area (Å²) in [6, 6.07) is 5.22. The maximum atomic E-state index is 12.0. The van der Waals surface area contributed by atoms with Crippen molar-refractivity contribution in [1.29, 1.82) is 0 Å². The van der Waals surface area contributed by atoms with E-state index in [0.29, 0.717) is 18.1 Å². The third-order valence-electron chi connectivity index (χ3n) is 3.85. The summed E-state index contributed by atoms with van der Waals surface area (Å²) in [5.74, 6) is 2.14. The Bertz CT molecular complexity index is 707. The van der Waals surface area contributed by atoms with Crippen LogP contribution in [0.25, 0.3) is 0 Å². The molecule has 7 heteroatoms. The number of nitrogens with one attached hydrogen (secondary N) is 2. The van der Waals surface area contributed by atoms with Crippen LogP contribution in [0.15, 0.2) is 22.7 Å². The van der Waals surface area contributed by atoms with Gasteiger partial charge in [-0.25, -0.2) is 4.79 Å². The molecule has 2 heterocycles. The lowest BCUT2D eigenvalue weighted by molar-refractivity contribution is 0.174. The second-order valence-corrected chi connectivity index (χ2v) is 5.46. The molecule has 2 aromatic rings. The smallest absolute Gasteiger partial charge is 0.315 e. The van der Waals surface area contributed by atoms with E-state index in [4.69, 9.17) is 14.0 Å². The summed E-state index contributed by atoms with van der Waals surface area (Å²) in [5.41, 5.74) is 2.63. The molecule has 0 saturated carbocycles. The lowest BCUT2D eigenvalue weighted by Gasteiger charge is -2.15. The van der Waals surface area contributed by atoms with Gasteiger partial charge in [-0.05, 0) is 38.5 Å². The van der Waals surface area contributed by atoms with Crippen LogP contribution in [-0.4, -0.2) is 18.0 Å². The van der Waals surface area contributed by atoms with Gasteiger partial charge in [0.2, 0.25) is 6.79 Å². The molecule has 1 aromatic carbocycles. The minimum atomic E-state index is -0.254. The number of fused-ring (bicyclic) bond motifs is 1. The summed E-state index contributed by atoms with van der Waals surface area (Å²) >= 11 is 0. The van der Waals surface area contributed by atoms with Crippen molar-refractivity contribution in [3.63, 3.8) is 0 Å². The third kappa shape index (κ3) is 3.23. The molecule has 0 bridgehead atoms. The van der Waals surface area contributed by atoms with Gasteiger partial charge in [-0.3, -0.25) is 0 Å². The Morgan fingerprint density at radius 2 is 2.09 bits per heavy atom. The minimum Gasteiger partial charge on any atom is -0.454 e. The number of aromatic nitrogens is 1. The van der Waals surface area contributed by atoms with E-state index in [1.54, 1.807) is 0 Å². The molecule has 0 radical (unpaired) electrons. The molecule has 1 aromatic heterocycles. The number of nitrogens with zero attached hydrogens (tertiary/aromatic N) is 1. The average Bonchev–Trinajstić information content (AvgIpc) is 3.11. The van der Waals surface area contributed by atoms with E-state index in [-0.39, 0.29) is 18.9 Å². The summed E-state index contributed by atoms with van der Waals surface area (Å²) in [7, 11) is 0. The van der Waals surface area contributed by atoms with Gasteiger partial charge in [0.15, 0.2) is 11.5 Å².